The highest BCUT2D eigenvalue weighted by Crippen LogP contribution is 2.42. The minimum absolute atomic E-state index is 0.135. The summed E-state index contributed by atoms with van der Waals surface area (Å²) >= 11 is 2.32. The highest BCUT2D eigenvalue weighted by molar-refractivity contribution is 9.10. The first kappa shape index (κ1) is 16.1. The molecule has 1 unspecified atom stereocenters. The molecule has 1 atom stereocenters. The van der Waals surface area contributed by atoms with Gasteiger partial charge in [-0.05, 0) is 35.7 Å². The topological polar surface area (TPSA) is 44.8 Å². The summed E-state index contributed by atoms with van der Waals surface area (Å²) < 4.78 is 42.1. The molecule has 0 aromatic heterocycles. The number of carbonyl (C=O) groups is 1. The summed E-state index contributed by atoms with van der Waals surface area (Å²) in [4.78, 5) is 8.71. The summed E-state index contributed by atoms with van der Waals surface area (Å²) in [6, 6.07) is 0. The van der Waals surface area contributed by atoms with E-state index in [2.05, 4.69) is 15.9 Å². The summed E-state index contributed by atoms with van der Waals surface area (Å²) in [6.07, 6.45) is 1.29. The van der Waals surface area contributed by atoms with Crippen molar-refractivity contribution in [2.24, 2.45) is 5.92 Å². The van der Waals surface area contributed by atoms with Gasteiger partial charge in [-0.1, -0.05) is 0 Å². The number of ether oxygens (including phenoxy) is 3. The van der Waals surface area contributed by atoms with E-state index in [4.69, 9.17) is 14.2 Å². The van der Waals surface area contributed by atoms with E-state index in [9.17, 15) is 13.6 Å². The molecule has 20 heavy (non-hydrogen) atoms. The van der Waals surface area contributed by atoms with Crippen molar-refractivity contribution in [2.45, 2.75) is 55.8 Å². The molecule has 4 nitrogen and oxygen atoms in total. The van der Waals surface area contributed by atoms with Gasteiger partial charge < -0.3 is 14.2 Å². The van der Waals surface area contributed by atoms with E-state index in [1.165, 1.54) is 0 Å². The van der Waals surface area contributed by atoms with Gasteiger partial charge >= 0.3 is 10.8 Å². The van der Waals surface area contributed by atoms with Gasteiger partial charge in [-0.2, -0.15) is 8.78 Å². The second-order valence-electron chi connectivity index (χ2n) is 5.31. The molecule has 116 valence electrons. The predicted octanol–water partition coefficient (Wildman–Crippen LogP) is 3.23. The van der Waals surface area contributed by atoms with E-state index < -0.39 is 23.1 Å². The van der Waals surface area contributed by atoms with Crippen molar-refractivity contribution >= 4 is 21.9 Å². The molecule has 0 bridgehead atoms. The van der Waals surface area contributed by atoms with Crippen molar-refractivity contribution in [2.75, 3.05) is 13.2 Å². The summed E-state index contributed by atoms with van der Waals surface area (Å²) in [5.41, 5.74) is 0. The van der Waals surface area contributed by atoms with Gasteiger partial charge in [0.05, 0.1) is 31.7 Å². The van der Waals surface area contributed by atoms with Crippen molar-refractivity contribution < 1.29 is 27.8 Å². The Morgan fingerprint density at radius 1 is 1.45 bits per heavy atom. The van der Waals surface area contributed by atoms with Gasteiger partial charge in [0.15, 0.2) is 5.79 Å². The second kappa shape index (κ2) is 6.23. The molecule has 1 aliphatic carbocycles. The average molecular weight is 357 g/mol. The van der Waals surface area contributed by atoms with Crippen LogP contribution >= 0.6 is 15.9 Å². The van der Waals surface area contributed by atoms with Gasteiger partial charge in [0, 0.05) is 12.8 Å². The lowest BCUT2D eigenvalue weighted by Crippen LogP contribution is -2.38. The highest BCUT2D eigenvalue weighted by atomic mass is 79.9. The molecule has 1 saturated heterocycles. The van der Waals surface area contributed by atoms with Crippen LogP contribution in [0.3, 0.4) is 0 Å². The lowest BCUT2D eigenvalue weighted by atomic mass is 9.85. The standard InChI is InChI=1S/C13H19BrF2O4/c1-2-18-11(17)9-3-5-12(6-4-9)19-8-10(20-12)7-13(14,15)16/h9-10H,2-8H2,1H3. The third kappa shape index (κ3) is 4.11. The van der Waals surface area contributed by atoms with Crippen molar-refractivity contribution in [1.82, 2.24) is 0 Å². The van der Waals surface area contributed by atoms with Crippen LogP contribution in [0.25, 0.3) is 0 Å². The largest absolute Gasteiger partial charge is 0.466 e. The van der Waals surface area contributed by atoms with Crippen LogP contribution in [0.5, 0.6) is 0 Å². The molecule has 1 heterocycles. The van der Waals surface area contributed by atoms with Crippen LogP contribution in [0.1, 0.15) is 39.0 Å². The van der Waals surface area contributed by atoms with Crippen LogP contribution in [-0.4, -0.2) is 35.9 Å². The molecular formula is C13H19BrF2O4. The molecule has 0 radical (unpaired) electrons. The predicted molar refractivity (Wildman–Crippen MR) is 70.6 cm³/mol. The minimum atomic E-state index is -2.94. The summed E-state index contributed by atoms with van der Waals surface area (Å²) in [5, 5.41) is 0. The van der Waals surface area contributed by atoms with Gasteiger partial charge in [-0.15, -0.1) is 0 Å². The Hall–Kier alpha value is -0.270. The smallest absolute Gasteiger partial charge is 0.308 e. The quantitative estimate of drug-likeness (QED) is 0.573. The summed E-state index contributed by atoms with van der Waals surface area (Å²) in [5.74, 6) is -1.11. The molecule has 1 aliphatic heterocycles. The van der Waals surface area contributed by atoms with E-state index >= 15 is 0 Å². The van der Waals surface area contributed by atoms with Crippen LogP contribution in [-0.2, 0) is 19.0 Å². The third-order valence-corrected chi connectivity index (χ3v) is 4.06. The molecule has 2 rings (SSSR count). The Labute approximate surface area is 125 Å². The minimum Gasteiger partial charge on any atom is -0.466 e. The van der Waals surface area contributed by atoms with Crippen LogP contribution < -0.4 is 0 Å². The summed E-state index contributed by atoms with van der Waals surface area (Å²) in [7, 11) is 0. The maximum atomic E-state index is 12.9. The molecule has 1 spiro atoms. The fourth-order valence-electron chi connectivity index (χ4n) is 2.79. The van der Waals surface area contributed by atoms with E-state index in [1.54, 1.807) is 6.92 Å². The average Bonchev–Trinajstić information content (AvgIpc) is 2.71. The van der Waals surface area contributed by atoms with Crippen LogP contribution in [0, 0.1) is 5.92 Å². The monoisotopic (exact) mass is 356 g/mol. The molecule has 1 saturated carbocycles. The Morgan fingerprint density at radius 2 is 2.10 bits per heavy atom. The van der Waals surface area contributed by atoms with Crippen molar-refractivity contribution in [1.29, 1.82) is 0 Å². The zero-order valence-corrected chi connectivity index (χ0v) is 13.0. The number of alkyl halides is 3. The maximum absolute atomic E-state index is 12.9. The number of carbonyl (C=O) groups excluding carboxylic acids is 1. The Bertz CT molecular complexity index is 351. The molecule has 2 fully saturated rings. The zero-order chi connectivity index (χ0) is 14.8. The molecule has 0 aromatic rings. The number of hydrogen-bond donors (Lipinski definition) is 0. The van der Waals surface area contributed by atoms with Gasteiger partial charge in [-0.3, -0.25) is 4.79 Å². The van der Waals surface area contributed by atoms with Gasteiger partial charge in [-0.25, -0.2) is 0 Å². The molecule has 0 N–H and O–H groups in total. The Balaban J connectivity index is 1.83. The van der Waals surface area contributed by atoms with Crippen LogP contribution in [0.2, 0.25) is 0 Å². The van der Waals surface area contributed by atoms with Crippen molar-refractivity contribution in [3.05, 3.63) is 0 Å². The lowest BCUT2D eigenvalue weighted by molar-refractivity contribution is -0.198. The zero-order valence-electron chi connectivity index (χ0n) is 11.4. The fraction of sp³-hybridized carbons (Fsp3) is 0.923. The SMILES string of the molecule is CCOC(=O)C1CCC2(CC1)OCC(CC(F)(F)Br)O2. The first-order valence-corrected chi connectivity index (χ1v) is 7.68. The normalized spacial score (nSPS) is 34.4. The molecule has 0 aromatic carbocycles. The van der Waals surface area contributed by atoms with Crippen molar-refractivity contribution in [3.63, 3.8) is 0 Å². The van der Waals surface area contributed by atoms with E-state index in [1.807, 2.05) is 0 Å². The van der Waals surface area contributed by atoms with E-state index in [0.29, 0.717) is 32.3 Å². The molecule has 7 heteroatoms. The second-order valence-corrected chi connectivity index (χ2v) is 6.47. The third-order valence-electron chi connectivity index (χ3n) is 3.74. The van der Waals surface area contributed by atoms with Gasteiger partial charge in [0.1, 0.15) is 0 Å². The summed E-state index contributed by atoms with van der Waals surface area (Å²) in [6.45, 7) is 2.32. The number of hydrogen-bond acceptors (Lipinski definition) is 4. The van der Waals surface area contributed by atoms with Crippen molar-refractivity contribution in [3.8, 4) is 0 Å². The molecular weight excluding hydrogens is 338 g/mol. The molecule has 0 amide bonds. The highest BCUT2D eigenvalue weighted by Gasteiger charge is 2.47. The fourth-order valence-corrected chi connectivity index (χ4v) is 3.15. The first-order chi connectivity index (χ1) is 9.34. The lowest BCUT2D eigenvalue weighted by Gasteiger charge is -2.35. The number of esters is 1. The Morgan fingerprint density at radius 3 is 2.65 bits per heavy atom. The van der Waals surface area contributed by atoms with Crippen LogP contribution in [0.15, 0.2) is 0 Å². The van der Waals surface area contributed by atoms with Crippen LogP contribution in [0.4, 0.5) is 8.78 Å². The van der Waals surface area contributed by atoms with E-state index in [-0.39, 0.29) is 18.5 Å². The van der Waals surface area contributed by atoms with Gasteiger partial charge in [0.2, 0.25) is 0 Å². The van der Waals surface area contributed by atoms with Gasteiger partial charge in [0.25, 0.3) is 0 Å². The number of rotatable bonds is 4. The number of halogens is 3. The van der Waals surface area contributed by atoms with E-state index in [0.717, 1.165) is 0 Å². The Kier molecular flexibility index (Phi) is 5.02. The maximum Gasteiger partial charge on any atom is 0.308 e. The first-order valence-electron chi connectivity index (χ1n) is 6.89. The molecule has 2 aliphatic rings.